The zero-order valence-corrected chi connectivity index (χ0v) is 15.0. The van der Waals surface area contributed by atoms with Gasteiger partial charge in [0.25, 0.3) is 0 Å². The fourth-order valence-electron chi connectivity index (χ4n) is 3.17. The molecule has 0 amide bonds. The van der Waals surface area contributed by atoms with Gasteiger partial charge >= 0.3 is 0 Å². The van der Waals surface area contributed by atoms with Gasteiger partial charge in [-0.1, -0.05) is 24.3 Å². The number of β-amino-alcohol motifs (C(OH)–C–C–N with tert-alkyl or cyclic N) is 1. The average Bonchev–Trinajstić information content (AvgIpc) is 2.89. The standard InChI is InChI=1S/C20H26N4O/c1-13-16(15-6-4-5-7-17(15)24-13)10-20(2,3)23-12-18(25)14-8-9-19(21)22-11-14/h4-9,11,18,23-25H,10,12H2,1-3H3,(H2,21,22)/t18-/m0/s1. The number of rotatable bonds is 6. The normalized spacial score (nSPS) is 13.3. The van der Waals surface area contributed by atoms with Crippen molar-refractivity contribution in [2.45, 2.75) is 38.8 Å². The van der Waals surface area contributed by atoms with Crippen LogP contribution in [0, 0.1) is 6.92 Å². The number of fused-ring (bicyclic) bond motifs is 1. The van der Waals surface area contributed by atoms with Gasteiger partial charge in [-0.2, -0.15) is 0 Å². The maximum atomic E-state index is 10.4. The third kappa shape index (κ3) is 4.00. The maximum Gasteiger partial charge on any atom is 0.123 e. The van der Waals surface area contributed by atoms with Crippen LogP contribution >= 0.6 is 0 Å². The lowest BCUT2D eigenvalue weighted by Crippen LogP contribution is -2.43. The number of anilines is 1. The number of nitrogens with one attached hydrogen (secondary N) is 2. The number of aromatic amines is 1. The van der Waals surface area contributed by atoms with Gasteiger partial charge in [-0.3, -0.25) is 0 Å². The molecule has 0 saturated carbocycles. The maximum absolute atomic E-state index is 10.4. The molecule has 1 atom stereocenters. The lowest BCUT2D eigenvalue weighted by Gasteiger charge is -2.28. The monoisotopic (exact) mass is 338 g/mol. The van der Waals surface area contributed by atoms with Crippen molar-refractivity contribution in [1.82, 2.24) is 15.3 Å². The van der Waals surface area contributed by atoms with Gasteiger partial charge in [0, 0.05) is 40.4 Å². The summed E-state index contributed by atoms with van der Waals surface area (Å²) < 4.78 is 0. The van der Waals surface area contributed by atoms with Gasteiger partial charge in [-0.25, -0.2) is 4.98 Å². The van der Waals surface area contributed by atoms with Gasteiger partial charge in [0.2, 0.25) is 0 Å². The first kappa shape index (κ1) is 17.5. The summed E-state index contributed by atoms with van der Waals surface area (Å²) in [6.45, 7) is 6.88. The Morgan fingerprint density at radius 3 is 2.72 bits per heavy atom. The van der Waals surface area contributed by atoms with E-state index in [2.05, 4.69) is 54.3 Å². The van der Waals surface area contributed by atoms with E-state index in [4.69, 9.17) is 5.73 Å². The molecular weight excluding hydrogens is 312 g/mol. The SMILES string of the molecule is Cc1[nH]c2ccccc2c1CC(C)(C)NC[C@H](O)c1ccc(N)nc1. The predicted molar refractivity (Wildman–Crippen MR) is 102 cm³/mol. The number of aliphatic hydroxyl groups excluding tert-OH is 1. The second kappa shape index (κ2) is 6.86. The summed E-state index contributed by atoms with van der Waals surface area (Å²) in [6.07, 6.45) is 1.88. The number of pyridine rings is 1. The molecule has 1 aromatic carbocycles. The summed E-state index contributed by atoms with van der Waals surface area (Å²) in [5, 5.41) is 15.1. The Kier molecular flexibility index (Phi) is 4.79. The molecule has 0 aliphatic rings. The minimum atomic E-state index is -0.614. The number of aliphatic hydroxyl groups is 1. The minimum absolute atomic E-state index is 0.155. The zero-order chi connectivity index (χ0) is 18.0. The molecule has 0 aliphatic carbocycles. The Morgan fingerprint density at radius 2 is 2.00 bits per heavy atom. The number of hydrogen-bond acceptors (Lipinski definition) is 4. The van der Waals surface area contributed by atoms with Gasteiger partial charge in [-0.05, 0) is 44.9 Å². The van der Waals surface area contributed by atoms with E-state index in [0.717, 1.165) is 12.0 Å². The first-order chi connectivity index (χ1) is 11.9. The van der Waals surface area contributed by atoms with Crippen LogP contribution in [0.2, 0.25) is 0 Å². The number of aryl methyl sites for hydroxylation is 1. The highest BCUT2D eigenvalue weighted by Gasteiger charge is 2.22. The predicted octanol–water partition coefficient (Wildman–Crippen LogP) is 3.10. The number of nitrogen functional groups attached to an aromatic ring is 1. The van der Waals surface area contributed by atoms with Gasteiger partial charge in [0.05, 0.1) is 6.10 Å². The molecule has 5 N–H and O–H groups in total. The number of hydrogen-bond donors (Lipinski definition) is 4. The van der Waals surface area contributed by atoms with Crippen LogP contribution in [0.15, 0.2) is 42.6 Å². The summed E-state index contributed by atoms with van der Waals surface area (Å²) in [6, 6.07) is 11.9. The largest absolute Gasteiger partial charge is 0.387 e. The van der Waals surface area contributed by atoms with Crippen molar-refractivity contribution >= 4 is 16.7 Å². The van der Waals surface area contributed by atoms with Crippen LogP contribution in [0.1, 0.15) is 36.8 Å². The van der Waals surface area contributed by atoms with Crippen molar-refractivity contribution < 1.29 is 5.11 Å². The van der Waals surface area contributed by atoms with E-state index in [-0.39, 0.29) is 5.54 Å². The lowest BCUT2D eigenvalue weighted by atomic mass is 9.92. The molecule has 0 saturated heterocycles. The van der Waals surface area contributed by atoms with Crippen molar-refractivity contribution in [3.63, 3.8) is 0 Å². The number of nitrogens with two attached hydrogens (primary N) is 1. The van der Waals surface area contributed by atoms with Crippen LogP contribution in [-0.4, -0.2) is 27.2 Å². The number of para-hydroxylation sites is 1. The lowest BCUT2D eigenvalue weighted by molar-refractivity contribution is 0.160. The molecular formula is C20H26N4O. The van der Waals surface area contributed by atoms with Crippen LogP contribution in [0.3, 0.4) is 0 Å². The first-order valence-corrected chi connectivity index (χ1v) is 8.56. The Hall–Kier alpha value is -2.37. The molecule has 5 nitrogen and oxygen atoms in total. The highest BCUT2D eigenvalue weighted by Crippen LogP contribution is 2.26. The summed E-state index contributed by atoms with van der Waals surface area (Å²) in [4.78, 5) is 7.49. The van der Waals surface area contributed by atoms with Crippen LogP contribution in [0.25, 0.3) is 10.9 Å². The van der Waals surface area contributed by atoms with E-state index in [0.29, 0.717) is 12.4 Å². The first-order valence-electron chi connectivity index (χ1n) is 8.56. The number of nitrogens with zero attached hydrogens (tertiary/aromatic N) is 1. The molecule has 5 heteroatoms. The minimum Gasteiger partial charge on any atom is -0.387 e. The van der Waals surface area contributed by atoms with Crippen molar-refractivity contribution in [1.29, 1.82) is 0 Å². The number of H-pyrrole nitrogens is 1. The fourth-order valence-corrected chi connectivity index (χ4v) is 3.17. The van der Waals surface area contributed by atoms with E-state index < -0.39 is 6.10 Å². The van der Waals surface area contributed by atoms with Crippen LogP contribution < -0.4 is 11.1 Å². The third-order valence-corrected chi connectivity index (χ3v) is 4.61. The van der Waals surface area contributed by atoms with E-state index in [1.165, 1.54) is 22.2 Å². The van der Waals surface area contributed by atoms with Crippen molar-refractivity contribution in [2.24, 2.45) is 0 Å². The molecule has 25 heavy (non-hydrogen) atoms. The molecule has 3 rings (SSSR count). The highest BCUT2D eigenvalue weighted by molar-refractivity contribution is 5.84. The second-order valence-corrected chi connectivity index (χ2v) is 7.25. The molecule has 0 bridgehead atoms. The zero-order valence-electron chi connectivity index (χ0n) is 15.0. The number of aromatic nitrogens is 2. The molecule has 0 aliphatic heterocycles. The summed E-state index contributed by atoms with van der Waals surface area (Å²) in [7, 11) is 0. The van der Waals surface area contributed by atoms with Gasteiger partial charge in [-0.15, -0.1) is 0 Å². The molecule has 2 heterocycles. The van der Waals surface area contributed by atoms with Crippen molar-refractivity contribution in [2.75, 3.05) is 12.3 Å². The smallest absolute Gasteiger partial charge is 0.123 e. The fraction of sp³-hybridized carbons (Fsp3) is 0.350. The quantitative estimate of drug-likeness (QED) is 0.556. The molecule has 2 aromatic heterocycles. The van der Waals surface area contributed by atoms with Gasteiger partial charge < -0.3 is 21.1 Å². The molecule has 0 unspecified atom stereocenters. The van der Waals surface area contributed by atoms with Crippen molar-refractivity contribution in [3.05, 3.63) is 59.4 Å². The van der Waals surface area contributed by atoms with E-state index in [1.807, 2.05) is 12.1 Å². The molecule has 3 aromatic rings. The Morgan fingerprint density at radius 1 is 1.24 bits per heavy atom. The molecule has 0 fully saturated rings. The van der Waals surface area contributed by atoms with E-state index >= 15 is 0 Å². The number of benzene rings is 1. The van der Waals surface area contributed by atoms with E-state index in [9.17, 15) is 5.11 Å². The van der Waals surface area contributed by atoms with E-state index in [1.54, 1.807) is 12.3 Å². The Bertz CT molecular complexity index is 852. The summed E-state index contributed by atoms with van der Waals surface area (Å²) in [5.74, 6) is 0.457. The molecule has 0 radical (unpaired) electrons. The third-order valence-electron chi connectivity index (χ3n) is 4.61. The van der Waals surface area contributed by atoms with Crippen LogP contribution in [0.5, 0.6) is 0 Å². The van der Waals surface area contributed by atoms with Gasteiger partial charge in [0.15, 0.2) is 0 Å². The second-order valence-electron chi connectivity index (χ2n) is 7.25. The van der Waals surface area contributed by atoms with Crippen LogP contribution in [0.4, 0.5) is 5.82 Å². The van der Waals surface area contributed by atoms with Crippen LogP contribution in [-0.2, 0) is 6.42 Å². The average molecular weight is 338 g/mol. The highest BCUT2D eigenvalue weighted by atomic mass is 16.3. The van der Waals surface area contributed by atoms with Gasteiger partial charge in [0.1, 0.15) is 5.82 Å². The topological polar surface area (TPSA) is 87.0 Å². The Balaban J connectivity index is 1.69. The molecule has 0 spiro atoms. The molecule has 132 valence electrons. The Labute approximate surface area is 148 Å². The summed E-state index contributed by atoms with van der Waals surface area (Å²) in [5.41, 5.74) is 9.88. The summed E-state index contributed by atoms with van der Waals surface area (Å²) >= 11 is 0. The van der Waals surface area contributed by atoms with Crippen molar-refractivity contribution in [3.8, 4) is 0 Å².